The first-order valence-electron chi connectivity index (χ1n) is 20.6. The molecule has 0 aromatic heterocycles. The number of ketones is 3. The molecule has 2 bridgehead atoms. The minimum absolute atomic E-state index is 0.0181. The number of rotatable bonds is 21. The zero-order valence-corrected chi connectivity index (χ0v) is 34.8. The van der Waals surface area contributed by atoms with Crippen LogP contribution in [0.5, 0.6) is 0 Å². The van der Waals surface area contributed by atoms with Gasteiger partial charge in [0.05, 0.1) is 36.8 Å². The number of piperidine rings is 1. The van der Waals surface area contributed by atoms with E-state index in [1.54, 1.807) is 33.1 Å². The van der Waals surface area contributed by atoms with E-state index >= 15 is 0 Å². The SMILES string of the molecule is CCC(C)C(C(CC(=O)N1CCCC1C(OC)C(C)C(=O)CC(Cc1ccccc1)C(C)=O)OC)N(C)C(=O)C(CC(=O)C1C2CCC(C2)N1C)C(C)C. The highest BCUT2D eigenvalue weighted by Crippen LogP contribution is 2.42. The van der Waals surface area contributed by atoms with Gasteiger partial charge in [-0.15, -0.1) is 0 Å². The maximum absolute atomic E-state index is 14.4. The van der Waals surface area contributed by atoms with Gasteiger partial charge in [0.15, 0.2) is 5.78 Å². The summed E-state index contributed by atoms with van der Waals surface area (Å²) >= 11 is 0. The van der Waals surface area contributed by atoms with Crippen molar-refractivity contribution in [2.24, 2.45) is 35.5 Å². The van der Waals surface area contributed by atoms with Crippen LogP contribution in [-0.2, 0) is 39.9 Å². The summed E-state index contributed by atoms with van der Waals surface area (Å²) in [4.78, 5) is 74.6. The molecule has 1 saturated carbocycles. The molecule has 1 aromatic rings. The van der Waals surface area contributed by atoms with E-state index in [-0.39, 0.29) is 78.4 Å². The molecule has 11 atom stereocenters. The van der Waals surface area contributed by atoms with Crippen molar-refractivity contribution in [3.63, 3.8) is 0 Å². The van der Waals surface area contributed by atoms with E-state index in [4.69, 9.17) is 9.47 Å². The van der Waals surface area contributed by atoms with Crippen molar-refractivity contribution in [3.8, 4) is 0 Å². The predicted molar refractivity (Wildman–Crippen MR) is 211 cm³/mol. The number of carbonyl (C=O) groups is 5. The van der Waals surface area contributed by atoms with Gasteiger partial charge in [0, 0.05) is 64.4 Å². The quantitative estimate of drug-likeness (QED) is 0.150. The van der Waals surface area contributed by atoms with Crippen molar-refractivity contribution in [2.75, 3.05) is 34.9 Å². The Balaban J connectivity index is 1.46. The normalized spacial score (nSPS) is 25.2. The lowest BCUT2D eigenvalue weighted by atomic mass is 9.83. The molecule has 54 heavy (non-hydrogen) atoms. The monoisotopic (exact) mass is 752 g/mol. The maximum Gasteiger partial charge on any atom is 0.226 e. The summed E-state index contributed by atoms with van der Waals surface area (Å²) in [6.45, 7) is 12.1. The number of amides is 2. The molecule has 2 amide bonds. The minimum atomic E-state index is -0.572. The van der Waals surface area contributed by atoms with Gasteiger partial charge in [-0.25, -0.2) is 0 Å². The highest BCUT2D eigenvalue weighted by Gasteiger charge is 2.48. The molecule has 1 aromatic carbocycles. The first-order chi connectivity index (χ1) is 25.6. The Kier molecular flexibility index (Phi) is 16.0. The summed E-state index contributed by atoms with van der Waals surface area (Å²) in [5, 5.41) is 0. The second-order valence-electron chi connectivity index (χ2n) is 17.1. The zero-order chi connectivity index (χ0) is 39.9. The van der Waals surface area contributed by atoms with Gasteiger partial charge in [0.1, 0.15) is 11.6 Å². The number of benzene rings is 1. The molecule has 0 radical (unpaired) electrons. The lowest BCUT2D eigenvalue weighted by Gasteiger charge is -2.41. The highest BCUT2D eigenvalue weighted by molar-refractivity contribution is 5.91. The van der Waals surface area contributed by atoms with Crippen LogP contribution in [0.15, 0.2) is 30.3 Å². The Hall–Kier alpha value is -2.95. The molecule has 10 nitrogen and oxygen atoms in total. The fourth-order valence-electron chi connectivity index (χ4n) is 9.93. The summed E-state index contributed by atoms with van der Waals surface area (Å²) in [6, 6.07) is 9.42. The van der Waals surface area contributed by atoms with Gasteiger partial charge in [-0.2, -0.15) is 0 Å². The van der Waals surface area contributed by atoms with E-state index < -0.39 is 30.0 Å². The molecule has 3 fully saturated rings. The topological polar surface area (TPSA) is 114 Å². The largest absolute Gasteiger partial charge is 0.379 e. The molecule has 4 rings (SSSR count). The number of ether oxygens (including phenoxy) is 2. The number of fused-ring (bicyclic) bond motifs is 2. The van der Waals surface area contributed by atoms with E-state index in [2.05, 4.69) is 25.8 Å². The van der Waals surface area contributed by atoms with Crippen molar-refractivity contribution in [3.05, 3.63) is 35.9 Å². The molecule has 3 aliphatic rings. The number of nitrogens with zero attached hydrogens (tertiary/aromatic N) is 3. The van der Waals surface area contributed by atoms with Crippen LogP contribution < -0.4 is 0 Å². The van der Waals surface area contributed by atoms with Crippen LogP contribution in [0.3, 0.4) is 0 Å². The molecular formula is C44H69N3O7. The van der Waals surface area contributed by atoms with Gasteiger partial charge in [-0.05, 0) is 75.8 Å². The molecule has 11 unspecified atom stereocenters. The van der Waals surface area contributed by atoms with Crippen molar-refractivity contribution in [2.45, 2.75) is 142 Å². The first-order valence-corrected chi connectivity index (χ1v) is 20.6. The summed E-state index contributed by atoms with van der Waals surface area (Å²) in [6.07, 6.45) is 5.38. The summed E-state index contributed by atoms with van der Waals surface area (Å²) in [5.41, 5.74) is 1.02. The van der Waals surface area contributed by atoms with Crippen LogP contribution in [0.25, 0.3) is 0 Å². The van der Waals surface area contributed by atoms with Crippen LogP contribution in [0.2, 0.25) is 0 Å². The van der Waals surface area contributed by atoms with Gasteiger partial charge < -0.3 is 19.3 Å². The Labute approximate surface area is 325 Å². The summed E-state index contributed by atoms with van der Waals surface area (Å²) in [5.74, 6) is -1.10. The standard InChI is InChI=1S/C44H69N3O7/c1-11-28(4)41(46(8)44(52)35(27(2)3)25-38(50)42-32-19-20-34(23-32)45(42)7)39(53-9)26-40(51)47-21-15-18-36(47)43(54-10)29(5)37(49)24-33(30(6)48)22-31-16-13-12-14-17-31/h12-14,16-17,27-29,32-36,39,41-43H,11,15,18-26H2,1-10H3. The molecule has 2 aliphatic heterocycles. The van der Waals surface area contributed by atoms with Gasteiger partial charge in [-0.1, -0.05) is 71.4 Å². The van der Waals surface area contributed by atoms with E-state index in [1.807, 2.05) is 56.0 Å². The van der Waals surface area contributed by atoms with E-state index in [0.29, 0.717) is 31.3 Å². The fraction of sp³-hybridized carbons (Fsp3) is 0.750. The number of hydrogen-bond acceptors (Lipinski definition) is 8. The van der Waals surface area contributed by atoms with Crippen molar-refractivity contribution < 1.29 is 33.4 Å². The second kappa shape index (κ2) is 19.8. The predicted octanol–water partition coefficient (Wildman–Crippen LogP) is 6.03. The summed E-state index contributed by atoms with van der Waals surface area (Å²) < 4.78 is 12.1. The van der Waals surface area contributed by atoms with E-state index in [0.717, 1.165) is 37.7 Å². The van der Waals surface area contributed by atoms with Crippen LogP contribution in [-0.4, -0.2) is 115 Å². The van der Waals surface area contributed by atoms with Crippen molar-refractivity contribution in [1.82, 2.24) is 14.7 Å². The number of carbonyl (C=O) groups excluding carboxylic acids is 5. The van der Waals surface area contributed by atoms with E-state index in [1.165, 1.54) is 0 Å². The van der Waals surface area contributed by atoms with Crippen LogP contribution in [0.4, 0.5) is 0 Å². The van der Waals surface area contributed by atoms with Crippen LogP contribution in [0, 0.1) is 35.5 Å². The average molecular weight is 752 g/mol. The molecule has 0 N–H and O–H groups in total. The van der Waals surface area contributed by atoms with Crippen molar-refractivity contribution in [1.29, 1.82) is 0 Å². The van der Waals surface area contributed by atoms with Gasteiger partial charge in [0.25, 0.3) is 0 Å². The second-order valence-corrected chi connectivity index (χ2v) is 17.1. The van der Waals surface area contributed by atoms with Gasteiger partial charge in [0.2, 0.25) is 11.8 Å². The third-order valence-corrected chi connectivity index (χ3v) is 13.5. The molecule has 2 saturated heterocycles. The Morgan fingerprint density at radius 2 is 1.61 bits per heavy atom. The van der Waals surface area contributed by atoms with Gasteiger partial charge >= 0.3 is 0 Å². The number of hydrogen-bond donors (Lipinski definition) is 0. The number of likely N-dealkylation sites (tertiary alicyclic amines) is 2. The van der Waals surface area contributed by atoms with Crippen LogP contribution >= 0.6 is 0 Å². The lowest BCUT2D eigenvalue weighted by Crippen LogP contribution is -2.54. The molecule has 0 spiro atoms. The van der Waals surface area contributed by atoms with E-state index in [9.17, 15) is 24.0 Å². The zero-order valence-electron chi connectivity index (χ0n) is 34.8. The number of methoxy groups -OCH3 is 2. The number of Topliss-reactive ketones (excluding diaryl/α,β-unsaturated/α-hetero) is 3. The first kappa shape index (κ1) is 43.8. The Bertz CT molecular complexity index is 1430. The summed E-state index contributed by atoms with van der Waals surface area (Å²) in [7, 11) is 7.04. The Morgan fingerprint density at radius 3 is 2.17 bits per heavy atom. The molecule has 10 heteroatoms. The molecule has 302 valence electrons. The lowest BCUT2D eigenvalue weighted by molar-refractivity contribution is -0.149. The molecule has 1 aliphatic carbocycles. The number of likely N-dealkylation sites (N-methyl/N-ethyl adjacent to an activating group) is 2. The van der Waals surface area contributed by atoms with Crippen LogP contribution in [0.1, 0.15) is 105 Å². The molecular weight excluding hydrogens is 682 g/mol. The van der Waals surface area contributed by atoms with Gasteiger partial charge in [-0.3, -0.25) is 28.9 Å². The van der Waals surface area contributed by atoms with Crippen molar-refractivity contribution >= 4 is 29.2 Å². The molecule has 2 heterocycles. The smallest absolute Gasteiger partial charge is 0.226 e. The maximum atomic E-state index is 14.4. The highest BCUT2D eigenvalue weighted by atomic mass is 16.5. The fourth-order valence-corrected chi connectivity index (χ4v) is 9.93. The average Bonchev–Trinajstić information content (AvgIpc) is 3.90. The third kappa shape index (κ3) is 10.1. The Morgan fingerprint density at radius 1 is 0.926 bits per heavy atom. The minimum Gasteiger partial charge on any atom is -0.379 e. The third-order valence-electron chi connectivity index (χ3n) is 13.5.